The number of allylic oxidation sites excluding steroid dienone is 1. The van der Waals surface area contributed by atoms with Gasteiger partial charge in [0.15, 0.2) is 0 Å². The van der Waals surface area contributed by atoms with Crippen LogP contribution in [0.1, 0.15) is 11.1 Å². The minimum Gasteiger partial charge on any atom is -0.361 e. The fraction of sp³-hybridized carbons (Fsp3) is 0.0909. The third-order valence-corrected chi connectivity index (χ3v) is 2.45. The molecule has 0 saturated heterocycles. The van der Waals surface area contributed by atoms with Crippen LogP contribution < -0.4 is 0 Å². The number of aromatic amines is 1. The molecule has 0 bridgehead atoms. The Balaban J connectivity index is 2.43. The summed E-state index contributed by atoms with van der Waals surface area (Å²) in [5.41, 5.74) is 4.05. The average molecular weight is 155 g/mol. The van der Waals surface area contributed by atoms with Crippen LogP contribution in [-0.2, 0) is 6.42 Å². The normalized spacial score (nSPS) is 14.0. The molecule has 12 heavy (non-hydrogen) atoms. The van der Waals surface area contributed by atoms with Crippen molar-refractivity contribution in [3.63, 3.8) is 0 Å². The summed E-state index contributed by atoms with van der Waals surface area (Å²) in [6.45, 7) is 0. The molecular formula is C11H9N. The number of aromatic nitrogens is 1. The second kappa shape index (κ2) is 2.01. The van der Waals surface area contributed by atoms with Crippen molar-refractivity contribution in [3.05, 3.63) is 41.6 Å². The number of nitrogens with one attached hydrogen (secondary N) is 1. The predicted molar refractivity (Wildman–Crippen MR) is 51.0 cm³/mol. The average Bonchev–Trinajstić information content (AvgIpc) is 2.64. The standard InChI is InChI=1S/C11H9N/c1-2-8-6-10-4-5-12-11(10)7-9(8)3-1/h1,3-7,12H,2H2. The number of hydrogen-bond acceptors (Lipinski definition) is 0. The fourth-order valence-corrected chi connectivity index (χ4v) is 1.81. The molecule has 0 radical (unpaired) electrons. The maximum absolute atomic E-state index is 3.22. The molecule has 58 valence electrons. The molecule has 1 aliphatic rings. The minimum absolute atomic E-state index is 1.09. The Bertz CT molecular complexity index is 463. The van der Waals surface area contributed by atoms with E-state index in [4.69, 9.17) is 0 Å². The van der Waals surface area contributed by atoms with Gasteiger partial charge in [0.05, 0.1) is 0 Å². The van der Waals surface area contributed by atoms with E-state index in [-0.39, 0.29) is 0 Å². The van der Waals surface area contributed by atoms with Gasteiger partial charge < -0.3 is 4.98 Å². The Morgan fingerprint density at radius 2 is 2.25 bits per heavy atom. The third-order valence-electron chi connectivity index (χ3n) is 2.45. The molecule has 0 aliphatic heterocycles. The van der Waals surface area contributed by atoms with Crippen LogP contribution >= 0.6 is 0 Å². The molecule has 2 aromatic rings. The molecule has 0 unspecified atom stereocenters. The highest BCUT2D eigenvalue weighted by Gasteiger charge is 2.06. The van der Waals surface area contributed by atoms with Gasteiger partial charge in [-0.3, -0.25) is 0 Å². The molecule has 1 heterocycles. The summed E-state index contributed by atoms with van der Waals surface area (Å²) in [6, 6.07) is 6.60. The van der Waals surface area contributed by atoms with Gasteiger partial charge in [-0.1, -0.05) is 12.2 Å². The van der Waals surface area contributed by atoms with Gasteiger partial charge >= 0.3 is 0 Å². The zero-order valence-corrected chi connectivity index (χ0v) is 6.67. The first-order valence-corrected chi connectivity index (χ1v) is 4.20. The van der Waals surface area contributed by atoms with Crippen LogP contribution in [0.15, 0.2) is 30.5 Å². The van der Waals surface area contributed by atoms with Crippen molar-refractivity contribution in [3.8, 4) is 0 Å². The molecule has 0 saturated carbocycles. The molecule has 0 amide bonds. The summed E-state index contributed by atoms with van der Waals surface area (Å²) in [5.74, 6) is 0. The van der Waals surface area contributed by atoms with E-state index < -0.39 is 0 Å². The molecule has 1 aromatic carbocycles. The third kappa shape index (κ3) is 0.681. The van der Waals surface area contributed by atoms with E-state index in [9.17, 15) is 0 Å². The Morgan fingerprint density at radius 1 is 1.25 bits per heavy atom. The first-order chi connectivity index (χ1) is 5.93. The summed E-state index contributed by atoms with van der Waals surface area (Å²) < 4.78 is 0. The van der Waals surface area contributed by atoms with Gasteiger partial charge in [-0.05, 0) is 41.1 Å². The maximum Gasteiger partial charge on any atom is 0.0460 e. The van der Waals surface area contributed by atoms with Crippen LogP contribution in [0.25, 0.3) is 17.0 Å². The zero-order chi connectivity index (χ0) is 7.97. The predicted octanol–water partition coefficient (Wildman–Crippen LogP) is 2.74. The number of rotatable bonds is 0. The van der Waals surface area contributed by atoms with Crippen molar-refractivity contribution in [2.75, 3.05) is 0 Å². The second-order valence-corrected chi connectivity index (χ2v) is 3.22. The topological polar surface area (TPSA) is 15.8 Å². The van der Waals surface area contributed by atoms with Gasteiger partial charge in [-0.15, -0.1) is 0 Å². The van der Waals surface area contributed by atoms with Crippen LogP contribution in [-0.4, -0.2) is 4.98 Å². The van der Waals surface area contributed by atoms with Crippen LogP contribution in [0, 0.1) is 0 Å². The van der Waals surface area contributed by atoms with Crippen molar-refractivity contribution in [2.45, 2.75) is 6.42 Å². The van der Waals surface area contributed by atoms with E-state index in [0.29, 0.717) is 0 Å². The SMILES string of the molecule is C1=Cc2cc3[nH]ccc3cc2C1. The quantitative estimate of drug-likeness (QED) is 0.602. The molecule has 1 aliphatic carbocycles. The highest BCUT2D eigenvalue weighted by atomic mass is 14.7. The van der Waals surface area contributed by atoms with E-state index in [1.165, 1.54) is 22.0 Å². The highest BCUT2D eigenvalue weighted by molar-refractivity contribution is 5.84. The van der Waals surface area contributed by atoms with Crippen LogP contribution in [0.2, 0.25) is 0 Å². The summed E-state index contributed by atoms with van der Waals surface area (Å²) in [7, 11) is 0. The Hall–Kier alpha value is -1.50. The van der Waals surface area contributed by atoms with E-state index in [1.54, 1.807) is 0 Å². The number of H-pyrrole nitrogens is 1. The van der Waals surface area contributed by atoms with Gasteiger partial charge in [-0.25, -0.2) is 0 Å². The number of benzene rings is 1. The van der Waals surface area contributed by atoms with Crippen molar-refractivity contribution < 1.29 is 0 Å². The molecule has 1 nitrogen and oxygen atoms in total. The van der Waals surface area contributed by atoms with Crippen LogP contribution in [0.3, 0.4) is 0 Å². The Labute approximate surface area is 70.7 Å². The van der Waals surface area contributed by atoms with Crippen LogP contribution in [0.4, 0.5) is 0 Å². The highest BCUT2D eigenvalue weighted by Crippen LogP contribution is 2.24. The largest absolute Gasteiger partial charge is 0.361 e. The Kier molecular flexibility index (Phi) is 1.01. The monoisotopic (exact) mass is 155 g/mol. The van der Waals surface area contributed by atoms with E-state index in [1.807, 2.05) is 6.20 Å². The van der Waals surface area contributed by atoms with Crippen molar-refractivity contribution in [1.82, 2.24) is 4.98 Å². The van der Waals surface area contributed by atoms with Crippen molar-refractivity contribution in [2.24, 2.45) is 0 Å². The van der Waals surface area contributed by atoms with Crippen molar-refractivity contribution >= 4 is 17.0 Å². The first kappa shape index (κ1) is 6.06. The maximum atomic E-state index is 3.22. The molecule has 3 rings (SSSR count). The van der Waals surface area contributed by atoms with Gasteiger partial charge in [0, 0.05) is 11.7 Å². The summed E-state index contributed by atoms with van der Waals surface area (Å²) in [5, 5.41) is 1.32. The summed E-state index contributed by atoms with van der Waals surface area (Å²) >= 11 is 0. The first-order valence-electron chi connectivity index (χ1n) is 4.20. The Morgan fingerprint density at radius 3 is 3.25 bits per heavy atom. The molecule has 1 aromatic heterocycles. The molecular weight excluding hydrogens is 146 g/mol. The van der Waals surface area contributed by atoms with E-state index in [2.05, 4.69) is 35.3 Å². The van der Waals surface area contributed by atoms with Crippen molar-refractivity contribution in [1.29, 1.82) is 0 Å². The lowest BCUT2D eigenvalue weighted by Gasteiger charge is -1.97. The molecule has 0 atom stereocenters. The molecule has 1 heteroatoms. The lowest BCUT2D eigenvalue weighted by Crippen LogP contribution is -1.80. The summed E-state index contributed by atoms with van der Waals surface area (Å²) in [4.78, 5) is 3.22. The summed E-state index contributed by atoms with van der Waals surface area (Å²) in [6.07, 6.45) is 7.49. The number of hydrogen-bond donors (Lipinski definition) is 1. The number of fused-ring (bicyclic) bond motifs is 2. The fourth-order valence-electron chi connectivity index (χ4n) is 1.81. The van der Waals surface area contributed by atoms with E-state index in [0.717, 1.165) is 6.42 Å². The van der Waals surface area contributed by atoms with Gasteiger partial charge in [0.25, 0.3) is 0 Å². The van der Waals surface area contributed by atoms with Crippen LogP contribution in [0.5, 0.6) is 0 Å². The lowest BCUT2D eigenvalue weighted by atomic mass is 10.1. The van der Waals surface area contributed by atoms with E-state index >= 15 is 0 Å². The molecule has 0 fully saturated rings. The molecule has 0 spiro atoms. The van der Waals surface area contributed by atoms with Gasteiger partial charge in [-0.2, -0.15) is 0 Å². The molecule has 1 N–H and O–H groups in total. The second-order valence-electron chi connectivity index (χ2n) is 3.22. The van der Waals surface area contributed by atoms with Gasteiger partial charge in [0.2, 0.25) is 0 Å². The lowest BCUT2D eigenvalue weighted by molar-refractivity contribution is 1.32. The smallest absolute Gasteiger partial charge is 0.0460 e. The minimum atomic E-state index is 1.09. The zero-order valence-electron chi connectivity index (χ0n) is 6.67. The van der Waals surface area contributed by atoms with Gasteiger partial charge in [0.1, 0.15) is 0 Å².